The molecular weight excluding hydrogens is 190 g/mol. The van der Waals surface area contributed by atoms with Crippen LogP contribution in [-0.2, 0) is 4.74 Å². The molecular formula is C12H17NO2. The summed E-state index contributed by atoms with van der Waals surface area (Å²) in [5, 5.41) is 12.6. The van der Waals surface area contributed by atoms with Gasteiger partial charge in [0.25, 0.3) is 0 Å². The number of aryl methyl sites for hydroxylation is 1. The number of anilines is 1. The topological polar surface area (TPSA) is 41.5 Å². The molecule has 0 bridgehead atoms. The summed E-state index contributed by atoms with van der Waals surface area (Å²) in [6.07, 6.45) is 0. The number of benzene rings is 1. The van der Waals surface area contributed by atoms with Gasteiger partial charge in [0, 0.05) is 12.2 Å². The van der Waals surface area contributed by atoms with Crippen LogP contribution in [0.3, 0.4) is 0 Å². The van der Waals surface area contributed by atoms with Crippen LogP contribution in [0.5, 0.6) is 0 Å². The molecule has 0 atom stereocenters. The molecule has 1 aromatic carbocycles. The number of ether oxygens (including phenoxy) is 1. The van der Waals surface area contributed by atoms with Crippen LogP contribution in [0.1, 0.15) is 5.56 Å². The molecule has 1 saturated heterocycles. The van der Waals surface area contributed by atoms with Crippen LogP contribution < -0.4 is 5.32 Å². The lowest BCUT2D eigenvalue weighted by atomic mass is 9.87. The van der Waals surface area contributed by atoms with Crippen molar-refractivity contribution in [1.29, 1.82) is 0 Å². The molecule has 1 fully saturated rings. The summed E-state index contributed by atoms with van der Waals surface area (Å²) < 4.78 is 5.14. The van der Waals surface area contributed by atoms with Gasteiger partial charge < -0.3 is 15.2 Å². The molecule has 3 heteroatoms. The Morgan fingerprint density at radius 2 is 2.00 bits per heavy atom. The highest BCUT2D eigenvalue weighted by atomic mass is 16.5. The average Bonchev–Trinajstić information content (AvgIpc) is 2.20. The number of nitrogens with one attached hydrogen (secondary N) is 1. The Kier molecular flexibility index (Phi) is 2.93. The molecule has 0 unspecified atom stereocenters. The smallest absolute Gasteiger partial charge is 0.0584 e. The molecule has 0 amide bonds. The summed E-state index contributed by atoms with van der Waals surface area (Å²) in [7, 11) is 0. The van der Waals surface area contributed by atoms with E-state index in [1.165, 1.54) is 5.56 Å². The molecule has 1 aromatic rings. The molecule has 0 spiro atoms. The van der Waals surface area contributed by atoms with Crippen LogP contribution in [0.2, 0.25) is 0 Å². The molecule has 82 valence electrons. The first-order chi connectivity index (χ1) is 7.24. The quantitative estimate of drug-likeness (QED) is 0.784. The Labute approximate surface area is 90.1 Å². The van der Waals surface area contributed by atoms with Crippen LogP contribution in [-0.4, -0.2) is 31.5 Å². The minimum absolute atomic E-state index is 0.0646. The van der Waals surface area contributed by atoms with E-state index in [1.807, 2.05) is 0 Å². The van der Waals surface area contributed by atoms with E-state index >= 15 is 0 Å². The molecule has 0 saturated carbocycles. The van der Waals surface area contributed by atoms with E-state index in [1.54, 1.807) is 0 Å². The standard InChI is InChI=1S/C12H17NO2/c1-10-2-4-11(5-3-10)13-6-12(7-14)8-15-9-12/h2-5,13-14H,6-9H2,1H3. The van der Waals surface area contributed by atoms with E-state index in [9.17, 15) is 5.11 Å². The van der Waals surface area contributed by atoms with Gasteiger partial charge in [-0.2, -0.15) is 0 Å². The summed E-state index contributed by atoms with van der Waals surface area (Å²) in [6, 6.07) is 8.26. The predicted molar refractivity (Wildman–Crippen MR) is 60.0 cm³/mol. The van der Waals surface area contributed by atoms with Crippen molar-refractivity contribution in [3.63, 3.8) is 0 Å². The third kappa shape index (κ3) is 2.30. The lowest BCUT2D eigenvalue weighted by molar-refractivity contribution is -0.128. The Morgan fingerprint density at radius 1 is 1.33 bits per heavy atom. The van der Waals surface area contributed by atoms with Gasteiger partial charge in [0.2, 0.25) is 0 Å². The molecule has 1 aliphatic rings. The zero-order valence-corrected chi connectivity index (χ0v) is 8.99. The average molecular weight is 207 g/mol. The number of hydrogen-bond donors (Lipinski definition) is 2. The summed E-state index contributed by atoms with van der Waals surface area (Å²) in [6.45, 7) is 4.34. The van der Waals surface area contributed by atoms with E-state index in [2.05, 4.69) is 36.5 Å². The maximum atomic E-state index is 9.24. The first-order valence-electron chi connectivity index (χ1n) is 5.23. The summed E-state index contributed by atoms with van der Waals surface area (Å²) in [5.41, 5.74) is 2.29. The number of rotatable bonds is 4. The maximum Gasteiger partial charge on any atom is 0.0584 e. The zero-order valence-electron chi connectivity index (χ0n) is 8.99. The SMILES string of the molecule is Cc1ccc(NCC2(CO)COC2)cc1. The lowest BCUT2D eigenvalue weighted by Crippen LogP contribution is -2.50. The third-order valence-electron chi connectivity index (χ3n) is 2.87. The minimum Gasteiger partial charge on any atom is -0.396 e. The van der Waals surface area contributed by atoms with Crippen molar-refractivity contribution in [3.05, 3.63) is 29.8 Å². The van der Waals surface area contributed by atoms with E-state index in [-0.39, 0.29) is 12.0 Å². The van der Waals surface area contributed by atoms with Crippen molar-refractivity contribution in [1.82, 2.24) is 0 Å². The Balaban J connectivity index is 1.90. The highest BCUT2D eigenvalue weighted by Gasteiger charge is 2.37. The second-order valence-corrected chi connectivity index (χ2v) is 4.37. The predicted octanol–water partition coefficient (Wildman–Crippen LogP) is 1.42. The molecule has 0 aromatic heterocycles. The fraction of sp³-hybridized carbons (Fsp3) is 0.500. The highest BCUT2D eigenvalue weighted by molar-refractivity contribution is 5.44. The summed E-state index contributed by atoms with van der Waals surface area (Å²) in [5.74, 6) is 0. The fourth-order valence-electron chi connectivity index (χ4n) is 1.60. The van der Waals surface area contributed by atoms with Crippen LogP contribution >= 0.6 is 0 Å². The van der Waals surface area contributed by atoms with Crippen molar-refractivity contribution in [3.8, 4) is 0 Å². The Hall–Kier alpha value is -1.06. The van der Waals surface area contributed by atoms with Gasteiger partial charge >= 0.3 is 0 Å². The number of aliphatic hydroxyl groups excluding tert-OH is 1. The first-order valence-corrected chi connectivity index (χ1v) is 5.23. The molecule has 1 aliphatic heterocycles. The van der Waals surface area contributed by atoms with Gasteiger partial charge in [-0.15, -0.1) is 0 Å². The zero-order chi connectivity index (χ0) is 10.7. The van der Waals surface area contributed by atoms with Gasteiger partial charge in [-0.3, -0.25) is 0 Å². The van der Waals surface area contributed by atoms with Crippen LogP contribution in [0.25, 0.3) is 0 Å². The van der Waals surface area contributed by atoms with Crippen molar-refractivity contribution in [2.24, 2.45) is 5.41 Å². The van der Waals surface area contributed by atoms with Crippen molar-refractivity contribution in [2.75, 3.05) is 31.7 Å². The van der Waals surface area contributed by atoms with E-state index in [0.717, 1.165) is 12.2 Å². The van der Waals surface area contributed by atoms with Gasteiger partial charge in [0.15, 0.2) is 0 Å². The van der Waals surface area contributed by atoms with Gasteiger partial charge in [-0.25, -0.2) is 0 Å². The van der Waals surface area contributed by atoms with Crippen molar-refractivity contribution in [2.45, 2.75) is 6.92 Å². The molecule has 3 nitrogen and oxygen atoms in total. The fourth-order valence-corrected chi connectivity index (χ4v) is 1.60. The summed E-state index contributed by atoms with van der Waals surface area (Å²) >= 11 is 0. The highest BCUT2D eigenvalue weighted by Crippen LogP contribution is 2.27. The molecule has 2 rings (SSSR count). The van der Waals surface area contributed by atoms with E-state index in [0.29, 0.717) is 13.2 Å². The molecule has 0 radical (unpaired) electrons. The molecule has 15 heavy (non-hydrogen) atoms. The minimum atomic E-state index is -0.0646. The number of aliphatic hydroxyl groups is 1. The summed E-state index contributed by atoms with van der Waals surface area (Å²) in [4.78, 5) is 0. The first kappa shape index (κ1) is 10.5. The van der Waals surface area contributed by atoms with Gasteiger partial charge in [-0.05, 0) is 19.1 Å². The molecule has 2 N–H and O–H groups in total. The number of hydrogen-bond acceptors (Lipinski definition) is 3. The van der Waals surface area contributed by atoms with Crippen molar-refractivity contribution < 1.29 is 9.84 Å². The molecule has 1 heterocycles. The van der Waals surface area contributed by atoms with Crippen LogP contribution in [0.15, 0.2) is 24.3 Å². The lowest BCUT2D eigenvalue weighted by Gasteiger charge is -2.40. The van der Waals surface area contributed by atoms with Crippen molar-refractivity contribution >= 4 is 5.69 Å². The van der Waals surface area contributed by atoms with Gasteiger partial charge in [0.05, 0.1) is 25.2 Å². The van der Waals surface area contributed by atoms with Crippen LogP contribution in [0, 0.1) is 12.3 Å². The largest absolute Gasteiger partial charge is 0.396 e. The monoisotopic (exact) mass is 207 g/mol. The van der Waals surface area contributed by atoms with Gasteiger partial charge in [0.1, 0.15) is 0 Å². The third-order valence-corrected chi connectivity index (χ3v) is 2.87. The van der Waals surface area contributed by atoms with Gasteiger partial charge in [-0.1, -0.05) is 17.7 Å². The maximum absolute atomic E-state index is 9.24. The Bertz CT molecular complexity index is 311. The van der Waals surface area contributed by atoms with E-state index < -0.39 is 0 Å². The second kappa shape index (κ2) is 4.21. The van der Waals surface area contributed by atoms with Crippen LogP contribution in [0.4, 0.5) is 5.69 Å². The Morgan fingerprint density at radius 3 is 2.47 bits per heavy atom. The van der Waals surface area contributed by atoms with E-state index in [4.69, 9.17) is 4.74 Å². The molecule has 0 aliphatic carbocycles. The second-order valence-electron chi connectivity index (χ2n) is 4.37. The normalized spacial score (nSPS) is 18.3.